The van der Waals surface area contributed by atoms with E-state index in [4.69, 9.17) is 0 Å². The normalized spacial score (nSPS) is 15.0. The van der Waals surface area contributed by atoms with E-state index in [1.807, 2.05) is 42.5 Å². The van der Waals surface area contributed by atoms with Crippen LogP contribution in [0.4, 0.5) is 0 Å². The molecule has 1 aliphatic heterocycles. The van der Waals surface area contributed by atoms with Crippen molar-refractivity contribution >= 4 is 9.84 Å². The molecule has 42 heavy (non-hydrogen) atoms. The van der Waals surface area contributed by atoms with Gasteiger partial charge < -0.3 is 0 Å². The summed E-state index contributed by atoms with van der Waals surface area (Å²) in [5.41, 5.74) is 13.0. The molecule has 1 heterocycles. The molecule has 202 valence electrons. The Bertz CT molecular complexity index is 2190. The van der Waals surface area contributed by atoms with Crippen molar-refractivity contribution < 1.29 is 8.42 Å². The highest BCUT2D eigenvalue weighted by Gasteiger charge is 2.36. The molecule has 0 N–H and O–H groups in total. The third-order valence-electron chi connectivity index (χ3n) is 9.04. The molecule has 1 aliphatic carbocycles. The summed E-state index contributed by atoms with van der Waals surface area (Å²) in [6, 6.07) is 45.5. The Balaban J connectivity index is 1.21. The quantitative estimate of drug-likeness (QED) is 0.216. The standard InChI is InChI=1S/C39H28O2S/c1-39(2)35-18-5-3-14-31(35)34-24-28(20-21-36(34)39)26-11-7-10-25(22-26)27-12-8-13-29(23-27)30-16-9-17-33-32-15-4-6-19-37(32)42(40,41)38(30)33/h3-24H,1-2H3. The SMILES string of the molecule is CC1(C)c2ccccc2-c2cc(-c3cccc(-c4cccc(-c5cccc6c5S(=O)(=O)c5ccccc5-6)c4)c3)ccc21. The number of hydrogen-bond acceptors (Lipinski definition) is 2. The molecule has 0 unspecified atom stereocenters. The third-order valence-corrected chi connectivity index (χ3v) is 10.9. The van der Waals surface area contributed by atoms with Gasteiger partial charge in [-0.2, -0.15) is 0 Å². The average molecular weight is 561 g/mol. The summed E-state index contributed by atoms with van der Waals surface area (Å²) in [5, 5.41) is 0. The maximum absolute atomic E-state index is 13.6. The first-order valence-electron chi connectivity index (χ1n) is 14.3. The van der Waals surface area contributed by atoms with Crippen LogP contribution in [-0.4, -0.2) is 8.42 Å². The average Bonchev–Trinajstić information content (AvgIpc) is 3.41. The van der Waals surface area contributed by atoms with Gasteiger partial charge in [0.25, 0.3) is 0 Å². The smallest absolute Gasteiger partial charge is 0.208 e. The van der Waals surface area contributed by atoms with E-state index < -0.39 is 9.84 Å². The topological polar surface area (TPSA) is 34.1 Å². The van der Waals surface area contributed by atoms with Crippen molar-refractivity contribution in [3.8, 4) is 55.6 Å². The summed E-state index contributed by atoms with van der Waals surface area (Å²) in [4.78, 5) is 0.787. The molecule has 8 rings (SSSR count). The zero-order chi connectivity index (χ0) is 28.6. The van der Waals surface area contributed by atoms with Crippen LogP contribution in [0, 0.1) is 0 Å². The number of rotatable bonds is 3. The van der Waals surface area contributed by atoms with Gasteiger partial charge in [0.15, 0.2) is 0 Å². The van der Waals surface area contributed by atoms with Gasteiger partial charge in [-0.15, -0.1) is 0 Å². The lowest BCUT2D eigenvalue weighted by atomic mass is 9.82. The highest BCUT2D eigenvalue weighted by atomic mass is 32.2. The number of fused-ring (bicyclic) bond motifs is 6. The van der Waals surface area contributed by atoms with E-state index in [2.05, 4.69) is 92.7 Å². The Labute approximate surface area is 246 Å². The largest absolute Gasteiger partial charge is 0.218 e. The van der Waals surface area contributed by atoms with Crippen LogP contribution in [0.5, 0.6) is 0 Å². The van der Waals surface area contributed by atoms with Crippen LogP contribution in [-0.2, 0) is 15.3 Å². The van der Waals surface area contributed by atoms with Gasteiger partial charge in [0.1, 0.15) is 0 Å². The maximum atomic E-state index is 13.6. The van der Waals surface area contributed by atoms with Gasteiger partial charge in [0.2, 0.25) is 9.84 Å². The van der Waals surface area contributed by atoms with Crippen molar-refractivity contribution in [2.75, 3.05) is 0 Å². The van der Waals surface area contributed by atoms with Crippen molar-refractivity contribution in [3.63, 3.8) is 0 Å². The van der Waals surface area contributed by atoms with Crippen LogP contribution in [0.2, 0.25) is 0 Å². The predicted octanol–water partition coefficient (Wildman–Crippen LogP) is 9.81. The Kier molecular flexibility index (Phi) is 5.29. The van der Waals surface area contributed by atoms with Gasteiger partial charge in [0.05, 0.1) is 9.79 Å². The van der Waals surface area contributed by atoms with Crippen LogP contribution >= 0.6 is 0 Å². The summed E-state index contributed by atoms with van der Waals surface area (Å²) in [5.74, 6) is 0. The molecule has 0 amide bonds. The van der Waals surface area contributed by atoms with Crippen LogP contribution in [0.15, 0.2) is 143 Å². The Morgan fingerprint density at radius 3 is 1.71 bits per heavy atom. The van der Waals surface area contributed by atoms with Gasteiger partial charge in [-0.05, 0) is 74.3 Å². The zero-order valence-electron chi connectivity index (χ0n) is 23.4. The molecular formula is C39H28O2S. The summed E-state index contributed by atoms with van der Waals surface area (Å²) >= 11 is 0. The minimum Gasteiger partial charge on any atom is -0.218 e. The fourth-order valence-electron chi connectivity index (χ4n) is 6.94. The molecule has 0 bridgehead atoms. The van der Waals surface area contributed by atoms with Gasteiger partial charge >= 0.3 is 0 Å². The van der Waals surface area contributed by atoms with Crippen molar-refractivity contribution in [3.05, 3.63) is 145 Å². The van der Waals surface area contributed by atoms with Crippen LogP contribution in [0.1, 0.15) is 25.0 Å². The van der Waals surface area contributed by atoms with Gasteiger partial charge in [-0.3, -0.25) is 0 Å². The zero-order valence-corrected chi connectivity index (χ0v) is 24.2. The van der Waals surface area contributed by atoms with E-state index in [1.54, 1.807) is 12.1 Å². The second-order valence-corrected chi connectivity index (χ2v) is 13.6. The van der Waals surface area contributed by atoms with Gasteiger partial charge in [-0.1, -0.05) is 123 Å². The summed E-state index contributed by atoms with van der Waals surface area (Å²) in [6.45, 7) is 4.61. The lowest BCUT2D eigenvalue weighted by Gasteiger charge is -2.21. The first kappa shape index (κ1) is 25.0. The van der Waals surface area contributed by atoms with Crippen LogP contribution in [0.25, 0.3) is 55.6 Å². The molecule has 0 aromatic heterocycles. The Morgan fingerprint density at radius 2 is 0.952 bits per heavy atom. The van der Waals surface area contributed by atoms with E-state index in [9.17, 15) is 8.42 Å². The summed E-state index contributed by atoms with van der Waals surface area (Å²) in [7, 11) is -3.60. The molecule has 2 nitrogen and oxygen atoms in total. The number of benzene rings is 6. The molecular weight excluding hydrogens is 532 g/mol. The van der Waals surface area contributed by atoms with E-state index in [-0.39, 0.29) is 5.41 Å². The van der Waals surface area contributed by atoms with Crippen LogP contribution < -0.4 is 0 Å². The number of sulfone groups is 1. The Hall–Kier alpha value is -4.73. The molecule has 2 aliphatic rings. The second kappa shape index (κ2) is 8.88. The first-order valence-corrected chi connectivity index (χ1v) is 15.8. The Morgan fingerprint density at radius 1 is 0.429 bits per heavy atom. The molecule has 0 fully saturated rings. The van der Waals surface area contributed by atoms with E-state index in [0.29, 0.717) is 9.79 Å². The van der Waals surface area contributed by atoms with E-state index in [1.165, 1.54) is 27.8 Å². The van der Waals surface area contributed by atoms with E-state index in [0.717, 1.165) is 38.9 Å². The fourth-order valence-corrected chi connectivity index (χ4v) is 8.83. The van der Waals surface area contributed by atoms with Crippen molar-refractivity contribution in [2.45, 2.75) is 29.1 Å². The summed E-state index contributed by atoms with van der Waals surface area (Å²) < 4.78 is 27.2. The molecule has 6 aromatic carbocycles. The summed E-state index contributed by atoms with van der Waals surface area (Å²) in [6.07, 6.45) is 0. The van der Waals surface area contributed by atoms with Crippen molar-refractivity contribution in [2.24, 2.45) is 0 Å². The first-order chi connectivity index (χ1) is 20.3. The number of hydrogen-bond donors (Lipinski definition) is 0. The molecule has 0 saturated heterocycles. The molecule has 0 saturated carbocycles. The van der Waals surface area contributed by atoms with Crippen LogP contribution in [0.3, 0.4) is 0 Å². The molecule has 0 atom stereocenters. The van der Waals surface area contributed by atoms with Crippen molar-refractivity contribution in [1.82, 2.24) is 0 Å². The maximum Gasteiger partial charge on any atom is 0.208 e. The fraction of sp³-hybridized carbons (Fsp3) is 0.0769. The van der Waals surface area contributed by atoms with Crippen molar-refractivity contribution in [1.29, 1.82) is 0 Å². The highest BCUT2D eigenvalue weighted by Crippen LogP contribution is 2.50. The van der Waals surface area contributed by atoms with E-state index >= 15 is 0 Å². The van der Waals surface area contributed by atoms with Gasteiger partial charge in [-0.25, -0.2) is 8.42 Å². The monoisotopic (exact) mass is 560 g/mol. The lowest BCUT2D eigenvalue weighted by Crippen LogP contribution is -2.14. The van der Waals surface area contributed by atoms with Gasteiger partial charge in [0, 0.05) is 22.1 Å². The molecule has 3 heteroatoms. The lowest BCUT2D eigenvalue weighted by molar-refractivity contribution is 0.599. The highest BCUT2D eigenvalue weighted by molar-refractivity contribution is 7.92. The predicted molar refractivity (Wildman–Crippen MR) is 171 cm³/mol. The molecule has 6 aromatic rings. The molecule has 0 radical (unpaired) electrons. The third kappa shape index (κ3) is 3.53. The minimum absolute atomic E-state index is 0.0147. The second-order valence-electron chi connectivity index (χ2n) is 11.8. The minimum atomic E-state index is -3.60. The molecule has 0 spiro atoms.